The predicted octanol–water partition coefficient (Wildman–Crippen LogP) is 5.74. The van der Waals surface area contributed by atoms with Crippen molar-refractivity contribution < 1.29 is 31.8 Å². The molecule has 2 heterocycles. The van der Waals surface area contributed by atoms with Crippen LogP contribution in [-0.4, -0.2) is 54.0 Å². The van der Waals surface area contributed by atoms with Crippen LogP contribution in [0.2, 0.25) is 0 Å². The molecular formula is C33H43N4O6S+. The van der Waals surface area contributed by atoms with E-state index in [1.807, 2.05) is 43.9 Å². The number of primary sulfonamides is 1. The normalized spacial score (nSPS) is 16.5. The molecule has 1 fully saturated rings. The summed E-state index contributed by atoms with van der Waals surface area (Å²) >= 11 is 0. The van der Waals surface area contributed by atoms with Gasteiger partial charge in [-0.1, -0.05) is 25.5 Å². The van der Waals surface area contributed by atoms with Gasteiger partial charge in [0.15, 0.2) is 11.3 Å². The summed E-state index contributed by atoms with van der Waals surface area (Å²) in [4.78, 5) is 16.4. The second kappa shape index (κ2) is 12.8. The van der Waals surface area contributed by atoms with Crippen molar-refractivity contribution in [3.05, 3.63) is 58.8 Å². The predicted molar refractivity (Wildman–Crippen MR) is 167 cm³/mol. The number of rotatable bonds is 12. The average molecular weight is 624 g/mol. The van der Waals surface area contributed by atoms with Gasteiger partial charge in [-0.05, 0) is 93.8 Å². The molecule has 2 aliphatic rings. The Kier molecular flexibility index (Phi) is 9.29. The fraction of sp³-hybridized carbons (Fsp3) is 0.485. The first-order chi connectivity index (χ1) is 21.1. The Labute approximate surface area is 259 Å². The van der Waals surface area contributed by atoms with Gasteiger partial charge in [0.1, 0.15) is 5.75 Å². The third-order valence-corrected chi connectivity index (χ3v) is 9.89. The molecule has 0 unspecified atom stereocenters. The highest BCUT2D eigenvalue weighted by molar-refractivity contribution is 7.89. The number of nitrogens with zero attached hydrogens (tertiary/aromatic N) is 3. The lowest BCUT2D eigenvalue weighted by Crippen LogP contribution is -2.44. The SMILES string of the molecule is CCCCC1=[N+](c2noc(C)c2C)C2(CCCC2)C(=O)N1Cc1ccc(-c2cc(OC)ccc2S(N)(=O)=O)c(COCC)c1. The van der Waals surface area contributed by atoms with Crippen LogP contribution in [0, 0.1) is 13.8 Å². The molecule has 0 atom stereocenters. The van der Waals surface area contributed by atoms with E-state index < -0.39 is 15.6 Å². The minimum Gasteiger partial charge on any atom is -0.497 e. The van der Waals surface area contributed by atoms with Crippen molar-refractivity contribution in [1.82, 2.24) is 10.1 Å². The van der Waals surface area contributed by atoms with Crippen molar-refractivity contribution in [2.45, 2.75) is 96.2 Å². The molecule has 1 amide bonds. The zero-order valence-corrected chi connectivity index (χ0v) is 27.1. The Hall–Kier alpha value is -3.54. The maximum atomic E-state index is 14.5. The standard InChI is InChI=1S/C33H43N4O6S/c1-6-8-11-30-36(32(38)33(16-9-10-17-33)37(30)31-22(3)23(4)43-35-31)20-24-12-14-27(25(18-24)21-42-7-2)28-19-26(41-5)13-15-29(28)44(34,39)40/h12-15,18-19H,6-11,16-17,20-21H2,1-5H3,(H2,34,39,40)/q+1. The minimum atomic E-state index is -4.02. The van der Waals surface area contributed by atoms with Crippen LogP contribution in [0.5, 0.6) is 5.75 Å². The fourth-order valence-corrected chi connectivity index (χ4v) is 7.26. The molecule has 1 aliphatic heterocycles. The van der Waals surface area contributed by atoms with Crippen molar-refractivity contribution in [3.63, 3.8) is 0 Å². The Bertz CT molecular complexity index is 1690. The highest BCUT2D eigenvalue weighted by Gasteiger charge is 2.59. The number of nitrogens with two attached hydrogens (primary N) is 1. The Morgan fingerprint density at radius 2 is 1.84 bits per heavy atom. The van der Waals surface area contributed by atoms with E-state index in [1.165, 1.54) is 13.2 Å². The van der Waals surface area contributed by atoms with E-state index in [0.29, 0.717) is 30.0 Å². The third kappa shape index (κ3) is 5.80. The molecule has 2 aromatic carbocycles. The highest BCUT2D eigenvalue weighted by atomic mass is 32.2. The topological polar surface area (TPSA) is 128 Å². The maximum Gasteiger partial charge on any atom is 0.323 e. The van der Waals surface area contributed by atoms with Gasteiger partial charge in [-0.3, -0.25) is 9.32 Å². The molecule has 0 saturated heterocycles. The molecule has 236 valence electrons. The Morgan fingerprint density at radius 3 is 2.45 bits per heavy atom. The number of amidine groups is 1. The van der Waals surface area contributed by atoms with Gasteiger partial charge in [0, 0.05) is 18.6 Å². The number of methoxy groups -OCH3 is 1. The van der Waals surface area contributed by atoms with Crippen molar-refractivity contribution in [3.8, 4) is 16.9 Å². The summed E-state index contributed by atoms with van der Waals surface area (Å²) < 4.78 is 44.1. The lowest BCUT2D eigenvalue weighted by molar-refractivity contribution is -0.514. The number of hydrogen-bond acceptors (Lipinski definition) is 7. The highest BCUT2D eigenvalue weighted by Crippen LogP contribution is 2.44. The second-order valence-electron chi connectivity index (χ2n) is 11.7. The van der Waals surface area contributed by atoms with Crippen LogP contribution in [0.15, 0.2) is 45.8 Å². The van der Waals surface area contributed by atoms with E-state index in [2.05, 4.69) is 16.7 Å². The van der Waals surface area contributed by atoms with Gasteiger partial charge < -0.3 is 9.47 Å². The number of aryl methyl sites for hydroxylation is 1. The number of carbonyl (C=O) groups excluding carboxylic acids is 1. The van der Waals surface area contributed by atoms with Gasteiger partial charge in [-0.15, -0.1) is 0 Å². The first-order valence-electron chi connectivity index (χ1n) is 15.4. The smallest absolute Gasteiger partial charge is 0.323 e. The molecule has 1 saturated carbocycles. The van der Waals surface area contributed by atoms with E-state index in [4.69, 9.17) is 19.1 Å². The number of amides is 1. The summed E-state index contributed by atoms with van der Waals surface area (Å²) in [6.45, 7) is 9.07. The fourth-order valence-electron chi connectivity index (χ4n) is 6.53. The molecule has 44 heavy (non-hydrogen) atoms. The number of carbonyl (C=O) groups is 1. The summed E-state index contributed by atoms with van der Waals surface area (Å²) in [5.74, 6) is 3.04. The summed E-state index contributed by atoms with van der Waals surface area (Å²) in [5, 5.41) is 10.1. The zero-order chi connectivity index (χ0) is 31.6. The van der Waals surface area contributed by atoms with Gasteiger partial charge in [0.2, 0.25) is 15.9 Å². The van der Waals surface area contributed by atoms with Crippen molar-refractivity contribution >= 4 is 27.6 Å². The van der Waals surface area contributed by atoms with E-state index in [0.717, 1.165) is 79.0 Å². The average Bonchev–Trinajstić information content (AvgIpc) is 3.68. The summed E-state index contributed by atoms with van der Waals surface area (Å²) in [7, 11) is -2.49. The lowest BCUT2D eigenvalue weighted by atomic mass is 9.95. The van der Waals surface area contributed by atoms with E-state index in [9.17, 15) is 13.2 Å². The van der Waals surface area contributed by atoms with Gasteiger partial charge in [-0.2, -0.15) is 0 Å². The summed E-state index contributed by atoms with van der Waals surface area (Å²) in [6, 6.07) is 10.5. The molecule has 11 heteroatoms. The first-order valence-corrected chi connectivity index (χ1v) is 16.9. The number of benzene rings is 2. The summed E-state index contributed by atoms with van der Waals surface area (Å²) in [6.07, 6.45) is 6.15. The molecular weight excluding hydrogens is 580 g/mol. The molecule has 2 N–H and O–H groups in total. The molecule has 0 bridgehead atoms. The van der Waals surface area contributed by atoms with E-state index in [1.54, 1.807) is 12.1 Å². The van der Waals surface area contributed by atoms with Crippen LogP contribution in [0.25, 0.3) is 11.1 Å². The summed E-state index contributed by atoms with van der Waals surface area (Å²) in [5.41, 5.74) is 3.10. The van der Waals surface area contributed by atoms with Crippen LogP contribution < -0.4 is 9.88 Å². The van der Waals surface area contributed by atoms with Crippen molar-refractivity contribution in [1.29, 1.82) is 0 Å². The van der Waals surface area contributed by atoms with Crippen LogP contribution in [0.3, 0.4) is 0 Å². The number of sulfonamides is 1. The maximum absolute atomic E-state index is 14.5. The van der Waals surface area contributed by atoms with E-state index in [-0.39, 0.29) is 17.4 Å². The largest absolute Gasteiger partial charge is 0.497 e. The molecule has 1 aliphatic carbocycles. The first kappa shape index (κ1) is 31.9. The van der Waals surface area contributed by atoms with Crippen LogP contribution >= 0.6 is 0 Å². The van der Waals surface area contributed by atoms with Crippen LogP contribution in [-0.2, 0) is 32.7 Å². The minimum absolute atomic E-state index is 0.00537. The molecule has 1 spiro atoms. The monoisotopic (exact) mass is 623 g/mol. The van der Waals surface area contributed by atoms with Gasteiger partial charge >= 0.3 is 11.7 Å². The van der Waals surface area contributed by atoms with Gasteiger partial charge in [-0.25, -0.2) is 23.0 Å². The van der Waals surface area contributed by atoms with Gasteiger partial charge in [0.25, 0.3) is 0 Å². The van der Waals surface area contributed by atoms with Crippen LogP contribution in [0.1, 0.15) is 81.2 Å². The van der Waals surface area contributed by atoms with Crippen molar-refractivity contribution in [2.24, 2.45) is 5.14 Å². The number of aromatic nitrogens is 1. The molecule has 10 nitrogen and oxygen atoms in total. The third-order valence-electron chi connectivity index (χ3n) is 8.93. The number of hydrogen-bond donors (Lipinski definition) is 1. The van der Waals surface area contributed by atoms with Crippen LogP contribution in [0.4, 0.5) is 5.82 Å². The molecule has 5 rings (SSSR count). The molecule has 1 aromatic heterocycles. The molecule has 0 radical (unpaired) electrons. The van der Waals surface area contributed by atoms with Crippen molar-refractivity contribution in [2.75, 3.05) is 13.7 Å². The quantitative estimate of drug-likeness (QED) is 0.255. The second-order valence-corrected chi connectivity index (χ2v) is 13.2. The number of unbranched alkanes of at least 4 members (excludes halogenated alkanes) is 1. The zero-order valence-electron chi connectivity index (χ0n) is 26.3. The Balaban J connectivity index is 1.62. The number of ether oxygens (including phenoxy) is 2. The Morgan fingerprint density at radius 1 is 1.09 bits per heavy atom. The van der Waals surface area contributed by atoms with E-state index >= 15 is 0 Å². The van der Waals surface area contributed by atoms with Gasteiger partial charge in [0.05, 0.1) is 35.9 Å². The molecule has 3 aromatic rings. The lowest BCUT2D eigenvalue weighted by Gasteiger charge is -2.22.